The van der Waals surface area contributed by atoms with E-state index in [-0.39, 0.29) is 0 Å². The van der Waals surface area contributed by atoms with Crippen LogP contribution in [0, 0.1) is 0 Å². The summed E-state index contributed by atoms with van der Waals surface area (Å²) in [6.07, 6.45) is 0. The second-order valence-corrected chi connectivity index (χ2v) is 12.8. The number of thiophene rings is 1. The fourth-order valence-electron chi connectivity index (χ4n) is 7.24. The molecule has 5 heterocycles. The average Bonchev–Trinajstić information content (AvgIpc) is 3.85. The van der Waals surface area contributed by atoms with Crippen LogP contribution >= 0.6 is 11.3 Å². The Morgan fingerprint density at radius 2 is 1.22 bits per heavy atom. The summed E-state index contributed by atoms with van der Waals surface area (Å²) in [5.41, 5.74) is 6.75. The lowest BCUT2D eigenvalue weighted by Gasteiger charge is -2.10. The zero-order chi connectivity index (χ0) is 29.9. The van der Waals surface area contributed by atoms with Crippen molar-refractivity contribution in [3.63, 3.8) is 0 Å². The highest BCUT2D eigenvalue weighted by molar-refractivity contribution is 7.25. The van der Waals surface area contributed by atoms with E-state index in [1.165, 1.54) is 25.6 Å². The van der Waals surface area contributed by atoms with Crippen molar-refractivity contribution in [2.24, 2.45) is 0 Å². The highest BCUT2D eigenvalue weighted by Gasteiger charge is 2.24. The normalized spacial score (nSPS) is 12.3. The van der Waals surface area contributed by atoms with E-state index >= 15 is 0 Å². The molecule has 46 heavy (non-hydrogen) atoms. The molecule has 0 spiro atoms. The number of nitrogens with zero attached hydrogens (tertiary/aromatic N) is 3. The van der Waals surface area contributed by atoms with Crippen molar-refractivity contribution in [2.75, 3.05) is 0 Å². The predicted molar refractivity (Wildman–Crippen MR) is 189 cm³/mol. The van der Waals surface area contributed by atoms with Gasteiger partial charge in [-0.15, -0.1) is 11.3 Å². The molecule has 0 unspecified atom stereocenters. The maximum absolute atomic E-state index is 6.53. The lowest BCUT2D eigenvalue weighted by Crippen LogP contribution is -2.03. The van der Waals surface area contributed by atoms with Crippen LogP contribution in [0.3, 0.4) is 0 Å². The summed E-state index contributed by atoms with van der Waals surface area (Å²) in [7, 11) is 0. The van der Waals surface area contributed by atoms with Gasteiger partial charge in [0.25, 0.3) is 0 Å². The van der Waals surface area contributed by atoms with E-state index in [2.05, 4.69) is 95.6 Å². The van der Waals surface area contributed by atoms with E-state index in [1.807, 2.05) is 47.7 Å². The van der Waals surface area contributed by atoms with Crippen LogP contribution in [0.25, 0.3) is 103 Å². The van der Waals surface area contributed by atoms with Gasteiger partial charge in [0.05, 0.1) is 22.1 Å². The summed E-state index contributed by atoms with van der Waals surface area (Å²) in [5.74, 6) is 0.555. The molecule has 11 rings (SSSR count). The molecule has 0 bridgehead atoms. The van der Waals surface area contributed by atoms with Gasteiger partial charge in [0, 0.05) is 52.7 Å². The largest absolute Gasteiger partial charge is 0.455 e. The van der Waals surface area contributed by atoms with Gasteiger partial charge in [-0.3, -0.25) is 4.57 Å². The van der Waals surface area contributed by atoms with E-state index in [0.717, 1.165) is 66.0 Å². The summed E-state index contributed by atoms with van der Waals surface area (Å²) in [6.45, 7) is 0. The molecule has 0 fully saturated rings. The molecule has 0 radical (unpaired) electrons. The Kier molecular flexibility index (Phi) is 4.66. The zero-order valence-electron chi connectivity index (χ0n) is 24.2. The molecule has 0 N–H and O–H groups in total. The maximum Gasteiger partial charge on any atom is 0.238 e. The molecule has 0 aliphatic heterocycles. The summed E-state index contributed by atoms with van der Waals surface area (Å²) in [5, 5.41) is 8.80. The van der Waals surface area contributed by atoms with Crippen LogP contribution in [0.1, 0.15) is 0 Å². The van der Waals surface area contributed by atoms with Crippen molar-refractivity contribution in [3.05, 3.63) is 127 Å². The van der Waals surface area contributed by atoms with Gasteiger partial charge >= 0.3 is 0 Å². The van der Waals surface area contributed by atoms with E-state index in [0.29, 0.717) is 11.7 Å². The van der Waals surface area contributed by atoms with Gasteiger partial charge in [0.2, 0.25) is 11.7 Å². The van der Waals surface area contributed by atoms with Gasteiger partial charge < -0.3 is 8.83 Å². The molecule has 6 aromatic carbocycles. The smallest absolute Gasteiger partial charge is 0.238 e. The number of furan rings is 2. The first kappa shape index (κ1) is 24.4. The van der Waals surface area contributed by atoms with Gasteiger partial charge in [-0.25, -0.2) is 4.98 Å². The lowest BCUT2D eigenvalue weighted by atomic mass is 10.0. The van der Waals surface area contributed by atoms with Gasteiger partial charge in [-0.05, 0) is 42.5 Å². The number of para-hydroxylation sites is 4. The second kappa shape index (κ2) is 8.81. The Hall–Kier alpha value is -5.98. The Morgan fingerprint density at radius 1 is 0.500 bits per heavy atom. The number of hydrogen-bond donors (Lipinski definition) is 0. The van der Waals surface area contributed by atoms with Gasteiger partial charge in [0.15, 0.2) is 0 Å². The maximum atomic E-state index is 6.53. The quantitative estimate of drug-likeness (QED) is 0.196. The average molecular weight is 608 g/mol. The molecule has 214 valence electrons. The summed E-state index contributed by atoms with van der Waals surface area (Å²) >= 11 is 1.83. The molecule has 6 heteroatoms. The molecular formula is C40H21N3O2S. The minimum atomic E-state index is 0.544. The van der Waals surface area contributed by atoms with Gasteiger partial charge in [0.1, 0.15) is 16.7 Å². The fourth-order valence-corrected chi connectivity index (χ4v) is 8.37. The standard InChI is InChI=1S/C40H21N3O2S/c1-5-16-30-22(10-1)28-21-35-29(24-12-4-8-19-34(24)46-35)20-31(28)43(30)40-41-37(36-26-13-3-7-18-33(26)45-39(36)42-40)27-15-9-14-25-23-11-2-6-17-32(23)44-38(25)27/h1-21H. The number of rotatable bonds is 2. The van der Waals surface area contributed by atoms with Crippen LogP contribution in [-0.4, -0.2) is 14.5 Å². The number of aromatic nitrogens is 3. The molecule has 0 atom stereocenters. The molecule has 0 amide bonds. The second-order valence-electron chi connectivity index (χ2n) is 11.7. The van der Waals surface area contributed by atoms with Crippen LogP contribution in [0.4, 0.5) is 0 Å². The molecule has 0 saturated heterocycles. The van der Waals surface area contributed by atoms with E-state index in [1.54, 1.807) is 0 Å². The van der Waals surface area contributed by atoms with Crippen LogP contribution in [0.15, 0.2) is 136 Å². The first-order valence-corrected chi connectivity index (χ1v) is 16.1. The van der Waals surface area contributed by atoms with Crippen LogP contribution in [0.5, 0.6) is 0 Å². The molecular weight excluding hydrogens is 587 g/mol. The van der Waals surface area contributed by atoms with Gasteiger partial charge in [-0.1, -0.05) is 84.9 Å². The Morgan fingerprint density at radius 3 is 2.11 bits per heavy atom. The summed E-state index contributed by atoms with van der Waals surface area (Å²) < 4.78 is 17.7. The minimum absolute atomic E-state index is 0.544. The van der Waals surface area contributed by atoms with Crippen LogP contribution < -0.4 is 0 Å². The Labute approximate surface area is 264 Å². The molecule has 5 aromatic heterocycles. The van der Waals surface area contributed by atoms with Crippen molar-refractivity contribution >= 4 is 97.3 Å². The minimum Gasteiger partial charge on any atom is -0.455 e. The molecule has 5 nitrogen and oxygen atoms in total. The van der Waals surface area contributed by atoms with E-state index in [9.17, 15) is 0 Å². The van der Waals surface area contributed by atoms with E-state index < -0.39 is 0 Å². The molecule has 0 aliphatic rings. The Bertz CT molecular complexity index is 3050. The number of hydrogen-bond acceptors (Lipinski definition) is 5. The van der Waals surface area contributed by atoms with E-state index in [4.69, 9.17) is 18.8 Å². The van der Waals surface area contributed by atoms with Crippen molar-refractivity contribution < 1.29 is 8.83 Å². The summed E-state index contributed by atoms with van der Waals surface area (Å²) in [4.78, 5) is 10.6. The first-order chi connectivity index (χ1) is 22.8. The fraction of sp³-hybridized carbons (Fsp3) is 0. The third kappa shape index (κ3) is 3.18. The highest BCUT2D eigenvalue weighted by atomic mass is 32.1. The van der Waals surface area contributed by atoms with Gasteiger partial charge in [-0.2, -0.15) is 4.98 Å². The number of fused-ring (bicyclic) bond motifs is 12. The van der Waals surface area contributed by atoms with Crippen molar-refractivity contribution in [1.82, 2.24) is 14.5 Å². The zero-order valence-corrected chi connectivity index (χ0v) is 25.0. The van der Waals surface area contributed by atoms with Crippen molar-refractivity contribution in [3.8, 4) is 17.2 Å². The van der Waals surface area contributed by atoms with Crippen molar-refractivity contribution in [2.45, 2.75) is 0 Å². The summed E-state index contributed by atoms with van der Waals surface area (Å²) in [6, 6.07) is 44.3. The monoisotopic (exact) mass is 607 g/mol. The third-order valence-electron chi connectivity index (χ3n) is 9.26. The lowest BCUT2D eigenvalue weighted by molar-refractivity contribution is 0.651. The number of benzene rings is 6. The molecule has 0 aliphatic carbocycles. The first-order valence-electron chi connectivity index (χ1n) is 15.2. The predicted octanol–water partition coefficient (Wildman–Crippen LogP) is 11.4. The Balaban J connectivity index is 1.30. The highest BCUT2D eigenvalue weighted by Crippen LogP contribution is 2.43. The van der Waals surface area contributed by atoms with Crippen LogP contribution in [0.2, 0.25) is 0 Å². The van der Waals surface area contributed by atoms with Crippen LogP contribution in [-0.2, 0) is 0 Å². The third-order valence-corrected chi connectivity index (χ3v) is 10.4. The molecule has 0 saturated carbocycles. The molecule has 11 aromatic rings. The SMILES string of the molecule is c1ccc2c(c1)oc1c(-c3nc(-n4c5ccccc5c5cc6sc7ccccc7c6cc54)nc4oc5ccccc5c34)cccc12. The van der Waals surface area contributed by atoms with Crippen molar-refractivity contribution in [1.29, 1.82) is 0 Å². The topological polar surface area (TPSA) is 57.0 Å².